The third-order valence-corrected chi connectivity index (χ3v) is 4.87. The third-order valence-electron chi connectivity index (χ3n) is 4.67. The van der Waals surface area contributed by atoms with Gasteiger partial charge in [0, 0.05) is 26.7 Å². The number of carbonyl (C=O) groups excluding carboxylic acids is 1. The SMILES string of the molecule is COc1ccc(CN(C)C(=O)[C@H]2CCCN(c3ccc(Cl)nn3)C2)cc1. The molecule has 0 bridgehead atoms. The van der Waals surface area contributed by atoms with E-state index in [1.165, 1.54) is 0 Å². The van der Waals surface area contributed by atoms with E-state index in [4.69, 9.17) is 16.3 Å². The van der Waals surface area contributed by atoms with Crippen molar-refractivity contribution in [2.24, 2.45) is 5.92 Å². The number of nitrogens with zero attached hydrogens (tertiary/aromatic N) is 4. The first-order chi connectivity index (χ1) is 12.6. The molecule has 138 valence electrons. The number of benzene rings is 1. The van der Waals surface area contributed by atoms with E-state index in [1.54, 1.807) is 18.1 Å². The number of hydrogen-bond acceptors (Lipinski definition) is 5. The summed E-state index contributed by atoms with van der Waals surface area (Å²) in [6.45, 7) is 2.12. The zero-order chi connectivity index (χ0) is 18.5. The van der Waals surface area contributed by atoms with Crippen LogP contribution in [-0.2, 0) is 11.3 Å². The Morgan fingerprint density at radius 2 is 2.04 bits per heavy atom. The van der Waals surface area contributed by atoms with Crippen molar-refractivity contribution in [3.8, 4) is 5.75 Å². The van der Waals surface area contributed by atoms with Crippen LogP contribution in [0.2, 0.25) is 5.15 Å². The minimum absolute atomic E-state index is 0.0375. The van der Waals surface area contributed by atoms with Gasteiger partial charge in [-0.25, -0.2) is 0 Å². The summed E-state index contributed by atoms with van der Waals surface area (Å²) in [5.74, 6) is 1.70. The van der Waals surface area contributed by atoms with Gasteiger partial charge in [0.1, 0.15) is 5.75 Å². The highest BCUT2D eigenvalue weighted by molar-refractivity contribution is 6.29. The van der Waals surface area contributed by atoms with E-state index in [2.05, 4.69) is 15.1 Å². The number of amides is 1. The fourth-order valence-corrected chi connectivity index (χ4v) is 3.36. The lowest BCUT2D eigenvalue weighted by Crippen LogP contribution is -2.43. The number of methoxy groups -OCH3 is 1. The predicted octanol–water partition coefficient (Wildman–Crippen LogP) is 3.01. The van der Waals surface area contributed by atoms with Gasteiger partial charge in [-0.15, -0.1) is 10.2 Å². The van der Waals surface area contributed by atoms with Crippen molar-refractivity contribution in [3.05, 3.63) is 47.1 Å². The van der Waals surface area contributed by atoms with Gasteiger partial charge in [-0.3, -0.25) is 4.79 Å². The smallest absolute Gasteiger partial charge is 0.227 e. The van der Waals surface area contributed by atoms with Crippen LogP contribution in [0.4, 0.5) is 5.82 Å². The topological polar surface area (TPSA) is 58.6 Å². The third kappa shape index (κ3) is 4.43. The molecule has 0 radical (unpaired) electrons. The van der Waals surface area contributed by atoms with Crippen molar-refractivity contribution in [1.82, 2.24) is 15.1 Å². The van der Waals surface area contributed by atoms with Crippen LogP contribution in [-0.4, -0.2) is 48.3 Å². The molecule has 1 aromatic carbocycles. The molecule has 1 atom stereocenters. The summed E-state index contributed by atoms with van der Waals surface area (Å²) in [6.07, 6.45) is 1.85. The Kier molecular flexibility index (Phi) is 5.93. The van der Waals surface area contributed by atoms with Crippen LogP contribution in [0.5, 0.6) is 5.75 Å². The molecule has 0 saturated carbocycles. The number of carbonyl (C=O) groups is 1. The van der Waals surface area contributed by atoms with Gasteiger partial charge in [-0.05, 0) is 42.7 Å². The average Bonchev–Trinajstić information content (AvgIpc) is 2.68. The minimum Gasteiger partial charge on any atom is -0.497 e. The fraction of sp³-hybridized carbons (Fsp3) is 0.421. The summed E-state index contributed by atoms with van der Waals surface area (Å²) in [7, 11) is 3.50. The molecule has 26 heavy (non-hydrogen) atoms. The van der Waals surface area contributed by atoms with Crippen molar-refractivity contribution in [2.75, 3.05) is 32.1 Å². The average molecular weight is 375 g/mol. The van der Waals surface area contributed by atoms with Gasteiger partial charge in [0.2, 0.25) is 5.91 Å². The molecule has 1 aliphatic rings. The second-order valence-electron chi connectivity index (χ2n) is 6.54. The molecule has 0 spiro atoms. The fourth-order valence-electron chi connectivity index (χ4n) is 3.26. The number of ether oxygens (including phenoxy) is 1. The monoisotopic (exact) mass is 374 g/mol. The molecule has 7 heteroatoms. The van der Waals surface area contributed by atoms with E-state index in [9.17, 15) is 4.79 Å². The largest absolute Gasteiger partial charge is 0.497 e. The van der Waals surface area contributed by atoms with Crippen molar-refractivity contribution in [2.45, 2.75) is 19.4 Å². The van der Waals surface area contributed by atoms with Gasteiger partial charge in [0.25, 0.3) is 0 Å². The molecule has 0 N–H and O–H groups in total. The van der Waals surface area contributed by atoms with Crippen LogP contribution in [0.1, 0.15) is 18.4 Å². The predicted molar refractivity (Wildman–Crippen MR) is 101 cm³/mol. The van der Waals surface area contributed by atoms with Gasteiger partial charge in [-0.2, -0.15) is 0 Å². The van der Waals surface area contributed by atoms with E-state index in [0.29, 0.717) is 18.2 Å². The Bertz CT molecular complexity index is 736. The lowest BCUT2D eigenvalue weighted by atomic mass is 9.96. The quantitative estimate of drug-likeness (QED) is 0.805. The first-order valence-electron chi connectivity index (χ1n) is 8.69. The Morgan fingerprint density at radius 3 is 2.69 bits per heavy atom. The van der Waals surface area contributed by atoms with E-state index in [-0.39, 0.29) is 11.8 Å². The number of aromatic nitrogens is 2. The normalized spacial score (nSPS) is 17.0. The maximum absolute atomic E-state index is 12.9. The van der Waals surface area contributed by atoms with Crippen LogP contribution in [0.15, 0.2) is 36.4 Å². The number of hydrogen-bond donors (Lipinski definition) is 0. The van der Waals surface area contributed by atoms with Crippen LogP contribution in [0.3, 0.4) is 0 Å². The zero-order valence-electron chi connectivity index (χ0n) is 15.1. The second-order valence-corrected chi connectivity index (χ2v) is 6.93. The van der Waals surface area contributed by atoms with Crippen LogP contribution in [0, 0.1) is 5.92 Å². The molecule has 1 saturated heterocycles. The molecule has 1 amide bonds. The van der Waals surface area contributed by atoms with Gasteiger partial charge in [0.15, 0.2) is 11.0 Å². The molecule has 2 aromatic rings. The first-order valence-corrected chi connectivity index (χ1v) is 9.06. The van der Waals surface area contributed by atoms with E-state index >= 15 is 0 Å². The van der Waals surface area contributed by atoms with Crippen molar-refractivity contribution < 1.29 is 9.53 Å². The van der Waals surface area contributed by atoms with Crippen LogP contribution in [0.25, 0.3) is 0 Å². The number of piperidine rings is 1. The molecule has 6 nitrogen and oxygen atoms in total. The number of rotatable bonds is 5. The summed E-state index contributed by atoms with van der Waals surface area (Å²) < 4.78 is 5.17. The summed E-state index contributed by atoms with van der Waals surface area (Å²) >= 11 is 5.81. The lowest BCUT2D eigenvalue weighted by Gasteiger charge is -2.34. The molecule has 1 aliphatic heterocycles. The lowest BCUT2D eigenvalue weighted by molar-refractivity contribution is -0.135. The van der Waals surface area contributed by atoms with E-state index in [1.807, 2.05) is 37.4 Å². The molecular weight excluding hydrogens is 352 g/mol. The Labute approximate surface area is 158 Å². The van der Waals surface area contributed by atoms with Crippen LogP contribution < -0.4 is 9.64 Å². The maximum atomic E-state index is 12.9. The zero-order valence-corrected chi connectivity index (χ0v) is 15.8. The Balaban J connectivity index is 1.61. The molecular formula is C19H23ClN4O2. The summed E-state index contributed by atoms with van der Waals surface area (Å²) in [6, 6.07) is 11.4. The molecule has 0 aliphatic carbocycles. The van der Waals surface area contributed by atoms with Crippen molar-refractivity contribution >= 4 is 23.3 Å². The standard InChI is InChI=1S/C19H23ClN4O2/c1-23(12-14-5-7-16(26-2)8-6-14)19(25)15-4-3-11-24(13-15)18-10-9-17(20)21-22-18/h5-10,15H,3-4,11-13H2,1-2H3/t15-/m0/s1. The molecule has 3 rings (SSSR count). The highest BCUT2D eigenvalue weighted by Gasteiger charge is 2.28. The Hall–Kier alpha value is -2.34. The van der Waals surface area contributed by atoms with E-state index in [0.717, 1.165) is 36.5 Å². The van der Waals surface area contributed by atoms with Gasteiger partial charge < -0.3 is 14.5 Å². The van der Waals surface area contributed by atoms with E-state index < -0.39 is 0 Å². The van der Waals surface area contributed by atoms with Gasteiger partial charge >= 0.3 is 0 Å². The summed E-state index contributed by atoms with van der Waals surface area (Å²) in [4.78, 5) is 16.8. The molecule has 1 aromatic heterocycles. The number of anilines is 1. The molecule has 0 unspecified atom stereocenters. The summed E-state index contributed by atoms with van der Waals surface area (Å²) in [5, 5.41) is 8.40. The molecule has 1 fully saturated rings. The highest BCUT2D eigenvalue weighted by atomic mass is 35.5. The Morgan fingerprint density at radius 1 is 1.27 bits per heavy atom. The molecule has 2 heterocycles. The maximum Gasteiger partial charge on any atom is 0.227 e. The first kappa shape index (κ1) is 18.5. The summed E-state index contributed by atoms with van der Waals surface area (Å²) in [5.41, 5.74) is 1.08. The van der Waals surface area contributed by atoms with Crippen molar-refractivity contribution in [1.29, 1.82) is 0 Å². The van der Waals surface area contributed by atoms with Crippen molar-refractivity contribution in [3.63, 3.8) is 0 Å². The van der Waals surface area contributed by atoms with Crippen LogP contribution >= 0.6 is 11.6 Å². The second kappa shape index (κ2) is 8.36. The number of halogens is 1. The van der Waals surface area contributed by atoms with Gasteiger partial charge in [-0.1, -0.05) is 23.7 Å². The highest BCUT2D eigenvalue weighted by Crippen LogP contribution is 2.23. The van der Waals surface area contributed by atoms with Gasteiger partial charge in [0.05, 0.1) is 13.0 Å². The minimum atomic E-state index is -0.0375.